The summed E-state index contributed by atoms with van der Waals surface area (Å²) >= 11 is 6.02. The number of nitrogens with one attached hydrogen (secondary N) is 1. The molecule has 3 rings (SSSR count). The first kappa shape index (κ1) is 17.2. The van der Waals surface area contributed by atoms with Crippen molar-refractivity contribution in [2.75, 3.05) is 6.61 Å². The Labute approximate surface area is 154 Å². The van der Waals surface area contributed by atoms with Crippen molar-refractivity contribution in [1.82, 2.24) is 19.9 Å². The van der Waals surface area contributed by atoms with Gasteiger partial charge in [0.25, 0.3) is 0 Å². The van der Waals surface area contributed by atoms with Gasteiger partial charge in [-0.05, 0) is 41.0 Å². The first-order valence-electron chi connectivity index (χ1n) is 7.11. The zero-order valence-electron chi connectivity index (χ0n) is 12.8. The van der Waals surface area contributed by atoms with E-state index in [9.17, 15) is 4.79 Å². The number of hydrogen-bond acceptors (Lipinski definition) is 7. The second-order valence-corrected chi connectivity index (χ2v) is 7.51. The number of rotatable bonds is 6. The van der Waals surface area contributed by atoms with Crippen LogP contribution in [-0.2, 0) is 6.42 Å². The monoisotopic (exact) mass is 428 g/mol. The Morgan fingerprint density at radius 2 is 2.21 bits per heavy atom. The van der Waals surface area contributed by atoms with Gasteiger partial charge in [-0.2, -0.15) is 4.98 Å². The number of ether oxygens (including phenoxy) is 1. The summed E-state index contributed by atoms with van der Waals surface area (Å²) in [5, 5.41) is 11.7. The molecule has 0 amide bonds. The van der Waals surface area contributed by atoms with E-state index in [1.165, 1.54) is 28.5 Å². The smallest absolute Gasteiger partial charge is 0.355 e. The van der Waals surface area contributed by atoms with Crippen LogP contribution in [0.2, 0.25) is 0 Å². The van der Waals surface area contributed by atoms with Crippen molar-refractivity contribution in [3.63, 3.8) is 0 Å². The number of halogens is 1. The molecule has 126 valence electrons. The largest absolute Gasteiger partial charge is 0.477 e. The maximum atomic E-state index is 10.9. The first-order valence-corrected chi connectivity index (χ1v) is 9.59. The lowest BCUT2D eigenvalue weighted by Crippen LogP contribution is -1.98. The average molecular weight is 429 g/mol. The molecule has 0 saturated carbocycles. The Morgan fingerprint density at radius 3 is 2.83 bits per heavy atom. The molecule has 0 fully saturated rings. The molecule has 0 bridgehead atoms. The van der Waals surface area contributed by atoms with Gasteiger partial charge in [0.1, 0.15) is 5.65 Å². The normalized spacial score (nSPS) is 11.1. The van der Waals surface area contributed by atoms with Gasteiger partial charge in [-0.3, -0.25) is 0 Å². The van der Waals surface area contributed by atoms with E-state index in [2.05, 4.69) is 35.9 Å². The average Bonchev–Trinajstić information content (AvgIpc) is 3.12. The van der Waals surface area contributed by atoms with Crippen LogP contribution < -0.4 is 4.74 Å². The Hall–Kier alpha value is -1.65. The van der Waals surface area contributed by atoms with Crippen LogP contribution >= 0.6 is 39.0 Å². The molecule has 7 nitrogen and oxygen atoms in total. The molecule has 10 heteroatoms. The van der Waals surface area contributed by atoms with Gasteiger partial charge in [0.2, 0.25) is 5.88 Å². The molecule has 0 atom stereocenters. The van der Waals surface area contributed by atoms with E-state index >= 15 is 0 Å². The fraction of sp³-hybridized carbons (Fsp3) is 0.286. The van der Waals surface area contributed by atoms with Gasteiger partial charge in [-0.15, -0.1) is 11.3 Å². The zero-order valence-corrected chi connectivity index (χ0v) is 16.0. The Morgan fingerprint density at radius 1 is 1.42 bits per heavy atom. The Balaban J connectivity index is 2.02. The number of hydrogen-bond donors (Lipinski definition) is 2. The lowest BCUT2D eigenvalue weighted by Gasteiger charge is -2.05. The summed E-state index contributed by atoms with van der Waals surface area (Å²) < 4.78 is 7.12. The quantitative estimate of drug-likeness (QED) is 0.572. The molecule has 0 saturated heterocycles. The van der Waals surface area contributed by atoms with Gasteiger partial charge in [-0.1, -0.05) is 6.92 Å². The number of nitrogens with zero attached hydrogens (tertiary/aromatic N) is 3. The topological polar surface area (TPSA) is 101 Å². The maximum Gasteiger partial charge on any atom is 0.355 e. The number of carbonyl (C=O) groups is 1. The van der Waals surface area contributed by atoms with Crippen molar-refractivity contribution in [1.29, 1.82) is 0 Å². The van der Waals surface area contributed by atoms with Crippen molar-refractivity contribution in [3.05, 3.63) is 21.2 Å². The number of carboxylic acids is 1. The molecule has 2 N–H and O–H groups in total. The maximum absolute atomic E-state index is 10.9. The molecule has 3 aromatic heterocycles. The molecular weight excluding hydrogens is 416 g/mol. The summed E-state index contributed by atoms with van der Waals surface area (Å²) in [6.45, 7) is 4.42. The van der Waals surface area contributed by atoms with Crippen molar-refractivity contribution >= 4 is 56.0 Å². The highest BCUT2D eigenvalue weighted by atomic mass is 79.9. The molecule has 0 radical (unpaired) electrons. The van der Waals surface area contributed by atoms with Crippen LogP contribution in [0.1, 0.15) is 30.0 Å². The molecule has 0 aromatic carbocycles. The van der Waals surface area contributed by atoms with Crippen LogP contribution in [0.3, 0.4) is 0 Å². The van der Waals surface area contributed by atoms with Crippen molar-refractivity contribution < 1.29 is 14.6 Å². The Bertz CT molecular complexity index is 909. The number of thiazole rings is 1. The fourth-order valence-corrected chi connectivity index (χ4v) is 4.45. The lowest BCUT2D eigenvalue weighted by atomic mass is 10.3. The molecule has 3 heterocycles. The summed E-state index contributed by atoms with van der Waals surface area (Å²) in [5.74, 6) is -0.562. The van der Waals surface area contributed by atoms with Gasteiger partial charge in [0, 0.05) is 11.1 Å². The molecule has 3 aromatic rings. The van der Waals surface area contributed by atoms with E-state index in [0.717, 1.165) is 22.0 Å². The van der Waals surface area contributed by atoms with Crippen LogP contribution in [0.25, 0.3) is 11.0 Å². The van der Waals surface area contributed by atoms with Crippen LogP contribution in [-0.4, -0.2) is 37.6 Å². The van der Waals surface area contributed by atoms with Crippen LogP contribution in [0, 0.1) is 0 Å². The van der Waals surface area contributed by atoms with Gasteiger partial charge >= 0.3 is 5.97 Å². The second kappa shape index (κ2) is 7.08. The third kappa shape index (κ3) is 3.26. The van der Waals surface area contributed by atoms with E-state index in [1.807, 2.05) is 13.8 Å². The minimum absolute atomic E-state index is 0.0181. The lowest BCUT2D eigenvalue weighted by molar-refractivity contribution is 0.0691. The summed E-state index contributed by atoms with van der Waals surface area (Å²) in [6, 6.07) is 0. The number of carboxylic acid groups (broad SMARTS) is 1. The summed E-state index contributed by atoms with van der Waals surface area (Å²) in [5.41, 5.74) is 1.71. The standard InChI is InChI=1S/C14H13BrN4O3S2/c1-3-6-9(15)8-10(16-6)18-13(19-11(8)22-4-2)24-14-17-7(5-23-14)12(20)21/h5H,3-4H2,1-2H3,(H,20,21)(H,16,18,19). The minimum Gasteiger partial charge on any atom is -0.477 e. The van der Waals surface area contributed by atoms with E-state index in [-0.39, 0.29) is 5.69 Å². The highest BCUT2D eigenvalue weighted by molar-refractivity contribution is 9.10. The number of aryl methyl sites for hydroxylation is 1. The van der Waals surface area contributed by atoms with E-state index in [0.29, 0.717) is 27.6 Å². The van der Waals surface area contributed by atoms with Gasteiger partial charge < -0.3 is 14.8 Å². The molecule has 0 spiro atoms. The van der Waals surface area contributed by atoms with Crippen molar-refractivity contribution in [3.8, 4) is 5.88 Å². The number of aromatic amines is 1. The van der Waals surface area contributed by atoms with E-state index in [4.69, 9.17) is 9.84 Å². The predicted molar refractivity (Wildman–Crippen MR) is 95.3 cm³/mol. The number of aromatic nitrogens is 4. The molecule has 0 aliphatic carbocycles. The molecule has 0 aliphatic rings. The van der Waals surface area contributed by atoms with Crippen LogP contribution in [0.4, 0.5) is 0 Å². The van der Waals surface area contributed by atoms with E-state index in [1.54, 1.807) is 0 Å². The summed E-state index contributed by atoms with van der Waals surface area (Å²) in [6.07, 6.45) is 0.819. The van der Waals surface area contributed by atoms with E-state index < -0.39 is 5.97 Å². The third-order valence-electron chi connectivity index (χ3n) is 3.12. The SMILES string of the molecule is CCOc1nc(Sc2nc(C(=O)O)cs2)nc2[nH]c(CC)c(Br)c12. The highest BCUT2D eigenvalue weighted by Gasteiger charge is 2.19. The second-order valence-electron chi connectivity index (χ2n) is 4.64. The number of aromatic carboxylic acids is 1. The van der Waals surface area contributed by atoms with Gasteiger partial charge in [-0.25, -0.2) is 14.8 Å². The van der Waals surface area contributed by atoms with Crippen molar-refractivity contribution in [2.24, 2.45) is 0 Å². The number of fused-ring (bicyclic) bond motifs is 1. The first-order chi connectivity index (χ1) is 11.5. The summed E-state index contributed by atoms with van der Waals surface area (Å²) in [7, 11) is 0. The molecule has 0 aliphatic heterocycles. The summed E-state index contributed by atoms with van der Waals surface area (Å²) in [4.78, 5) is 27.2. The zero-order chi connectivity index (χ0) is 17.3. The molecular formula is C14H13BrN4O3S2. The van der Waals surface area contributed by atoms with Gasteiger partial charge in [0.05, 0.1) is 16.5 Å². The number of H-pyrrole nitrogens is 1. The van der Waals surface area contributed by atoms with Crippen LogP contribution in [0.15, 0.2) is 19.3 Å². The molecule has 24 heavy (non-hydrogen) atoms. The van der Waals surface area contributed by atoms with Crippen LogP contribution in [0.5, 0.6) is 5.88 Å². The van der Waals surface area contributed by atoms with Gasteiger partial charge in [0.15, 0.2) is 15.2 Å². The van der Waals surface area contributed by atoms with Crippen molar-refractivity contribution in [2.45, 2.75) is 29.8 Å². The Kier molecular flexibility index (Phi) is 5.07. The minimum atomic E-state index is -1.05. The fourth-order valence-electron chi connectivity index (χ4n) is 2.07. The highest BCUT2D eigenvalue weighted by Crippen LogP contribution is 2.36. The molecule has 0 unspecified atom stereocenters. The third-order valence-corrected chi connectivity index (χ3v) is 5.80. The predicted octanol–water partition coefficient (Wildman–Crippen LogP) is 3.99.